The Morgan fingerprint density at radius 1 is 0.486 bits per heavy atom. The van der Waals surface area contributed by atoms with Gasteiger partial charge in [-0.2, -0.15) is 0 Å². The third-order valence-corrected chi connectivity index (χ3v) is 5.85. The lowest BCUT2D eigenvalue weighted by Crippen LogP contribution is -2.22. The molecule has 2 unspecified atom stereocenters. The van der Waals surface area contributed by atoms with Gasteiger partial charge in [0.25, 0.3) is 0 Å². The van der Waals surface area contributed by atoms with Gasteiger partial charge in [0.2, 0.25) is 0 Å². The highest BCUT2D eigenvalue weighted by Gasteiger charge is 2.11. The molecule has 0 N–H and O–H groups in total. The monoisotopic (exact) mass is 530 g/mol. The SMILES string of the molecule is CCOC(CCCCCCC=CC(OC)OC(C=CCCCCCCC(OCC)OCC)OC)OCC. The molecule has 7 heteroatoms. The molecule has 0 saturated heterocycles. The molecule has 0 bridgehead atoms. The molecule has 0 saturated carbocycles. The molecule has 220 valence electrons. The normalized spacial score (nSPS) is 14.1. The van der Waals surface area contributed by atoms with Crippen molar-refractivity contribution in [1.82, 2.24) is 0 Å². The van der Waals surface area contributed by atoms with Crippen molar-refractivity contribution in [3.05, 3.63) is 24.3 Å². The van der Waals surface area contributed by atoms with E-state index in [-0.39, 0.29) is 12.6 Å². The molecule has 2 atom stereocenters. The molecule has 0 aliphatic carbocycles. The van der Waals surface area contributed by atoms with E-state index in [0.717, 1.165) is 51.4 Å². The lowest BCUT2D eigenvalue weighted by Gasteiger charge is -2.18. The first-order valence-corrected chi connectivity index (χ1v) is 14.7. The van der Waals surface area contributed by atoms with Gasteiger partial charge < -0.3 is 33.2 Å². The average Bonchev–Trinajstić information content (AvgIpc) is 2.90. The van der Waals surface area contributed by atoms with E-state index in [4.69, 9.17) is 33.2 Å². The first-order chi connectivity index (χ1) is 18.1. The second-order valence-electron chi connectivity index (χ2n) is 8.86. The number of methoxy groups -OCH3 is 2. The highest BCUT2D eigenvalue weighted by Crippen LogP contribution is 2.13. The van der Waals surface area contributed by atoms with Gasteiger partial charge in [-0.1, -0.05) is 37.8 Å². The first kappa shape index (κ1) is 36.2. The predicted octanol–water partition coefficient (Wildman–Crippen LogP) is 7.54. The molecule has 0 aliphatic rings. The summed E-state index contributed by atoms with van der Waals surface area (Å²) in [6.07, 6.45) is 20.5. The van der Waals surface area contributed by atoms with Crippen LogP contribution in [0, 0.1) is 0 Å². The molecule has 0 aromatic rings. The van der Waals surface area contributed by atoms with E-state index >= 15 is 0 Å². The summed E-state index contributed by atoms with van der Waals surface area (Å²) in [6.45, 7) is 10.8. The van der Waals surface area contributed by atoms with Gasteiger partial charge in [-0.15, -0.1) is 0 Å². The van der Waals surface area contributed by atoms with Crippen LogP contribution in [0.1, 0.15) is 105 Å². The van der Waals surface area contributed by atoms with E-state index in [0.29, 0.717) is 26.4 Å². The van der Waals surface area contributed by atoms with Crippen LogP contribution in [0.5, 0.6) is 0 Å². The zero-order valence-electron chi connectivity index (χ0n) is 24.8. The summed E-state index contributed by atoms with van der Waals surface area (Å²) in [5.41, 5.74) is 0. The Morgan fingerprint density at radius 3 is 1.16 bits per heavy atom. The van der Waals surface area contributed by atoms with Crippen LogP contribution in [0.3, 0.4) is 0 Å². The van der Waals surface area contributed by atoms with Gasteiger partial charge in [0.15, 0.2) is 25.2 Å². The Morgan fingerprint density at radius 2 is 0.838 bits per heavy atom. The summed E-state index contributed by atoms with van der Waals surface area (Å²) in [6, 6.07) is 0. The topological polar surface area (TPSA) is 64.6 Å². The average molecular weight is 531 g/mol. The smallest absolute Gasteiger partial charge is 0.179 e. The minimum Gasteiger partial charge on any atom is -0.353 e. The summed E-state index contributed by atoms with van der Waals surface area (Å²) in [5, 5.41) is 0. The van der Waals surface area contributed by atoms with Gasteiger partial charge in [0.05, 0.1) is 0 Å². The third-order valence-electron chi connectivity index (χ3n) is 5.85. The van der Waals surface area contributed by atoms with Crippen molar-refractivity contribution in [2.24, 2.45) is 0 Å². The van der Waals surface area contributed by atoms with Crippen molar-refractivity contribution in [3.8, 4) is 0 Å². The molecule has 0 aromatic carbocycles. The van der Waals surface area contributed by atoms with E-state index in [2.05, 4.69) is 12.2 Å². The van der Waals surface area contributed by atoms with Gasteiger partial charge >= 0.3 is 0 Å². The fourth-order valence-electron chi connectivity index (χ4n) is 3.93. The van der Waals surface area contributed by atoms with Crippen LogP contribution in [0.4, 0.5) is 0 Å². The molecular weight excluding hydrogens is 472 g/mol. The molecule has 0 fully saturated rings. The van der Waals surface area contributed by atoms with E-state index in [1.165, 1.54) is 25.7 Å². The van der Waals surface area contributed by atoms with Crippen LogP contribution in [0.15, 0.2) is 24.3 Å². The molecule has 0 aliphatic heterocycles. The van der Waals surface area contributed by atoms with Crippen molar-refractivity contribution < 1.29 is 33.2 Å². The van der Waals surface area contributed by atoms with Crippen LogP contribution in [0.2, 0.25) is 0 Å². The Hall–Kier alpha value is -0.800. The highest BCUT2D eigenvalue weighted by atomic mass is 16.8. The summed E-state index contributed by atoms with van der Waals surface area (Å²) in [7, 11) is 3.31. The summed E-state index contributed by atoms with van der Waals surface area (Å²) < 4.78 is 39.2. The predicted molar refractivity (Wildman–Crippen MR) is 150 cm³/mol. The van der Waals surface area contributed by atoms with E-state index < -0.39 is 12.6 Å². The van der Waals surface area contributed by atoms with E-state index in [1.54, 1.807) is 14.2 Å². The van der Waals surface area contributed by atoms with Crippen LogP contribution >= 0.6 is 0 Å². The quantitative estimate of drug-likeness (QED) is 0.0588. The third kappa shape index (κ3) is 22.9. The zero-order valence-corrected chi connectivity index (χ0v) is 24.8. The largest absolute Gasteiger partial charge is 0.353 e. The maximum Gasteiger partial charge on any atom is 0.179 e. The second kappa shape index (κ2) is 28.2. The van der Waals surface area contributed by atoms with Crippen LogP contribution in [-0.2, 0) is 33.2 Å². The van der Waals surface area contributed by atoms with Gasteiger partial charge in [-0.05, 0) is 91.2 Å². The van der Waals surface area contributed by atoms with E-state index in [1.807, 2.05) is 39.8 Å². The Labute approximate surface area is 228 Å². The van der Waals surface area contributed by atoms with Crippen molar-refractivity contribution in [1.29, 1.82) is 0 Å². The molecule has 0 aromatic heterocycles. The number of hydrogen-bond donors (Lipinski definition) is 0. The lowest BCUT2D eigenvalue weighted by atomic mass is 10.1. The van der Waals surface area contributed by atoms with Crippen molar-refractivity contribution in [2.45, 2.75) is 130 Å². The minimum atomic E-state index is -0.420. The van der Waals surface area contributed by atoms with Crippen molar-refractivity contribution in [3.63, 3.8) is 0 Å². The fraction of sp³-hybridized carbons (Fsp3) is 0.867. The molecule has 37 heavy (non-hydrogen) atoms. The Kier molecular flexibility index (Phi) is 27.6. The van der Waals surface area contributed by atoms with Crippen molar-refractivity contribution >= 4 is 0 Å². The highest BCUT2D eigenvalue weighted by molar-refractivity contribution is 4.89. The number of unbranched alkanes of at least 4 members (excludes halogenated alkanes) is 8. The fourth-order valence-corrected chi connectivity index (χ4v) is 3.93. The van der Waals surface area contributed by atoms with Gasteiger partial charge in [0, 0.05) is 40.6 Å². The maximum atomic E-state index is 5.91. The van der Waals surface area contributed by atoms with E-state index in [9.17, 15) is 0 Å². The molecule has 0 heterocycles. The van der Waals surface area contributed by atoms with Crippen LogP contribution in [-0.4, -0.2) is 65.8 Å². The Balaban J connectivity index is 3.99. The molecule has 7 nitrogen and oxygen atoms in total. The summed E-state index contributed by atoms with van der Waals surface area (Å²) in [4.78, 5) is 0. The first-order valence-electron chi connectivity index (χ1n) is 14.7. The lowest BCUT2D eigenvalue weighted by molar-refractivity contribution is -0.188. The van der Waals surface area contributed by atoms with Crippen LogP contribution in [0.25, 0.3) is 0 Å². The molecular formula is C30H58O7. The molecule has 0 amide bonds. The standard InChI is InChI=1S/C30H58O7/c1-7-33-29(34-8-2)25-21-17-13-11-15-19-23-27(31-5)37-28(32-6)24-20-16-12-14-18-22-26-30(35-9-3)36-10-4/h19-20,23-24,27-30H,7-18,21-22,25-26H2,1-6H3. The van der Waals surface area contributed by atoms with Gasteiger partial charge in [-0.3, -0.25) is 0 Å². The Bertz CT molecular complexity index is 456. The van der Waals surface area contributed by atoms with Crippen LogP contribution < -0.4 is 0 Å². The van der Waals surface area contributed by atoms with Gasteiger partial charge in [-0.25, -0.2) is 0 Å². The maximum absolute atomic E-state index is 5.91. The molecule has 0 spiro atoms. The number of rotatable bonds is 28. The summed E-state index contributed by atoms with van der Waals surface area (Å²) in [5.74, 6) is 0. The number of ether oxygens (including phenoxy) is 7. The van der Waals surface area contributed by atoms with Crippen molar-refractivity contribution in [2.75, 3.05) is 40.6 Å². The second-order valence-corrected chi connectivity index (χ2v) is 8.86. The molecule has 0 radical (unpaired) electrons. The summed E-state index contributed by atoms with van der Waals surface area (Å²) >= 11 is 0. The number of hydrogen-bond acceptors (Lipinski definition) is 7. The number of allylic oxidation sites excluding steroid dienone is 2. The minimum absolute atomic E-state index is 0.0536. The van der Waals surface area contributed by atoms with Gasteiger partial charge in [0.1, 0.15) is 0 Å². The zero-order chi connectivity index (χ0) is 27.4. The molecule has 0 rings (SSSR count).